The first kappa shape index (κ1) is 15.3. The third kappa shape index (κ3) is 4.44. The monoisotopic (exact) mass is 266 g/mol. The zero-order chi connectivity index (χ0) is 14.4. The average Bonchev–Trinajstić information content (AvgIpc) is 2.37. The molecule has 1 atom stereocenters. The van der Waals surface area contributed by atoms with Crippen LogP contribution in [0.1, 0.15) is 30.6 Å². The molecule has 0 spiro atoms. The Labute approximate surface area is 113 Å². The normalized spacial score (nSPS) is 12.3. The van der Waals surface area contributed by atoms with Crippen molar-refractivity contribution in [3.63, 3.8) is 0 Å². The van der Waals surface area contributed by atoms with Crippen LogP contribution in [0.15, 0.2) is 18.2 Å². The fourth-order valence-electron chi connectivity index (χ4n) is 1.87. The third-order valence-corrected chi connectivity index (χ3v) is 2.82. The molecule has 0 saturated carbocycles. The van der Waals surface area contributed by atoms with Crippen LogP contribution in [0.4, 0.5) is 0 Å². The van der Waals surface area contributed by atoms with E-state index in [-0.39, 0.29) is 23.3 Å². The van der Waals surface area contributed by atoms with Crippen molar-refractivity contribution in [3.05, 3.63) is 23.8 Å². The number of aromatic hydroxyl groups is 1. The largest absolute Gasteiger partial charge is 0.507 e. The lowest BCUT2D eigenvalue weighted by atomic mass is 10.0. The molecule has 0 aliphatic heterocycles. The summed E-state index contributed by atoms with van der Waals surface area (Å²) >= 11 is 0. The van der Waals surface area contributed by atoms with Crippen LogP contribution in [0.5, 0.6) is 11.5 Å². The van der Waals surface area contributed by atoms with E-state index in [9.17, 15) is 9.90 Å². The molecular weight excluding hydrogens is 244 g/mol. The molecule has 0 aliphatic rings. The van der Waals surface area contributed by atoms with E-state index in [2.05, 4.69) is 19.2 Å². The van der Waals surface area contributed by atoms with Gasteiger partial charge in [0.25, 0.3) is 5.91 Å². The highest BCUT2D eigenvalue weighted by Crippen LogP contribution is 2.22. The lowest BCUT2D eigenvalue weighted by Crippen LogP contribution is -2.41. The second-order valence-electron chi connectivity index (χ2n) is 4.92. The molecule has 0 aromatic heterocycles. The topological polar surface area (TPSA) is 84.6 Å². The lowest BCUT2D eigenvalue weighted by Gasteiger charge is -2.19. The van der Waals surface area contributed by atoms with E-state index in [0.29, 0.717) is 18.2 Å². The van der Waals surface area contributed by atoms with Gasteiger partial charge in [-0.3, -0.25) is 4.79 Å². The van der Waals surface area contributed by atoms with Crippen molar-refractivity contribution in [2.45, 2.75) is 26.3 Å². The number of hydrogen-bond donors (Lipinski definition) is 3. The molecule has 0 heterocycles. The zero-order valence-electron chi connectivity index (χ0n) is 11.6. The molecule has 1 rings (SSSR count). The van der Waals surface area contributed by atoms with Crippen molar-refractivity contribution in [1.82, 2.24) is 5.32 Å². The van der Waals surface area contributed by atoms with Gasteiger partial charge >= 0.3 is 0 Å². The summed E-state index contributed by atoms with van der Waals surface area (Å²) in [6.45, 7) is 4.50. The van der Waals surface area contributed by atoms with Gasteiger partial charge in [0.05, 0.1) is 12.7 Å². The zero-order valence-corrected chi connectivity index (χ0v) is 11.6. The molecule has 5 heteroatoms. The number of phenolic OH excluding ortho intramolecular Hbond substituents is 1. The van der Waals surface area contributed by atoms with Crippen LogP contribution < -0.4 is 15.8 Å². The smallest absolute Gasteiger partial charge is 0.255 e. The predicted molar refractivity (Wildman–Crippen MR) is 74.4 cm³/mol. The molecular formula is C14H22N2O3. The van der Waals surface area contributed by atoms with Crippen LogP contribution in [0.3, 0.4) is 0 Å². The van der Waals surface area contributed by atoms with Gasteiger partial charge in [-0.05, 0) is 30.5 Å². The standard InChI is InChI=1S/C14H22N2O3/c1-9(2)6-10(8-15)16-14(18)12-7-11(19-3)4-5-13(12)17/h4-5,7,9-10,17H,6,8,15H2,1-3H3,(H,16,18). The van der Waals surface area contributed by atoms with E-state index in [1.165, 1.54) is 19.2 Å². The Morgan fingerprint density at radius 3 is 2.68 bits per heavy atom. The maximum absolute atomic E-state index is 12.1. The second-order valence-corrected chi connectivity index (χ2v) is 4.92. The highest BCUT2D eigenvalue weighted by molar-refractivity contribution is 5.97. The molecule has 106 valence electrons. The first-order valence-corrected chi connectivity index (χ1v) is 6.35. The molecule has 0 saturated heterocycles. The van der Waals surface area contributed by atoms with Crippen LogP contribution in [-0.4, -0.2) is 30.7 Å². The Hall–Kier alpha value is -1.75. The van der Waals surface area contributed by atoms with E-state index in [1.807, 2.05) is 0 Å². The number of hydrogen-bond acceptors (Lipinski definition) is 4. The lowest BCUT2D eigenvalue weighted by molar-refractivity contribution is 0.0930. The van der Waals surface area contributed by atoms with Gasteiger partial charge in [-0.15, -0.1) is 0 Å². The molecule has 1 aromatic rings. The Bertz CT molecular complexity index is 433. The summed E-state index contributed by atoms with van der Waals surface area (Å²) in [5, 5.41) is 12.5. The summed E-state index contributed by atoms with van der Waals surface area (Å²) in [4.78, 5) is 12.1. The minimum absolute atomic E-state index is 0.0707. The first-order valence-electron chi connectivity index (χ1n) is 6.35. The number of phenols is 1. The molecule has 0 fully saturated rings. The van der Waals surface area contributed by atoms with Crippen molar-refractivity contribution in [1.29, 1.82) is 0 Å². The first-order chi connectivity index (χ1) is 8.97. The van der Waals surface area contributed by atoms with Gasteiger partial charge in [0.2, 0.25) is 0 Å². The summed E-state index contributed by atoms with van der Waals surface area (Å²) in [5.74, 6) is 0.551. The molecule has 19 heavy (non-hydrogen) atoms. The third-order valence-electron chi connectivity index (χ3n) is 2.82. The highest BCUT2D eigenvalue weighted by atomic mass is 16.5. The van der Waals surface area contributed by atoms with Crippen molar-refractivity contribution in [2.75, 3.05) is 13.7 Å². The van der Waals surface area contributed by atoms with Crippen LogP contribution in [0, 0.1) is 5.92 Å². The van der Waals surface area contributed by atoms with E-state index < -0.39 is 0 Å². The van der Waals surface area contributed by atoms with Gasteiger partial charge in [0.1, 0.15) is 11.5 Å². The van der Waals surface area contributed by atoms with Crippen LogP contribution in [0.25, 0.3) is 0 Å². The van der Waals surface area contributed by atoms with E-state index in [0.717, 1.165) is 6.42 Å². The summed E-state index contributed by atoms with van der Waals surface area (Å²) in [6.07, 6.45) is 0.799. The predicted octanol–water partition coefficient (Wildman–Crippen LogP) is 1.50. The number of methoxy groups -OCH3 is 1. The number of nitrogens with one attached hydrogen (secondary N) is 1. The maximum Gasteiger partial charge on any atom is 0.255 e. The quantitative estimate of drug-likeness (QED) is 0.728. The van der Waals surface area contributed by atoms with Crippen LogP contribution in [0.2, 0.25) is 0 Å². The summed E-state index contributed by atoms with van der Waals surface area (Å²) < 4.78 is 5.04. The number of rotatable bonds is 6. The summed E-state index contributed by atoms with van der Waals surface area (Å²) in [5.41, 5.74) is 5.84. The molecule has 0 bridgehead atoms. The Balaban J connectivity index is 2.81. The van der Waals surface area contributed by atoms with Crippen molar-refractivity contribution < 1.29 is 14.6 Å². The van der Waals surface area contributed by atoms with Crippen LogP contribution in [-0.2, 0) is 0 Å². The molecule has 1 amide bonds. The molecule has 0 aliphatic carbocycles. The molecule has 5 nitrogen and oxygen atoms in total. The fraction of sp³-hybridized carbons (Fsp3) is 0.500. The van der Waals surface area contributed by atoms with E-state index >= 15 is 0 Å². The van der Waals surface area contributed by atoms with Gasteiger partial charge in [-0.2, -0.15) is 0 Å². The second kappa shape index (κ2) is 6.99. The number of amides is 1. The van der Waals surface area contributed by atoms with Crippen molar-refractivity contribution in [3.8, 4) is 11.5 Å². The molecule has 4 N–H and O–H groups in total. The Morgan fingerprint density at radius 1 is 1.47 bits per heavy atom. The summed E-state index contributed by atoms with van der Waals surface area (Å²) in [7, 11) is 1.51. The van der Waals surface area contributed by atoms with Gasteiger partial charge in [-0.25, -0.2) is 0 Å². The molecule has 0 radical (unpaired) electrons. The minimum Gasteiger partial charge on any atom is -0.507 e. The number of ether oxygens (including phenoxy) is 1. The van der Waals surface area contributed by atoms with Gasteiger partial charge < -0.3 is 20.9 Å². The Kier molecular flexibility index (Phi) is 5.63. The maximum atomic E-state index is 12.1. The molecule has 1 unspecified atom stereocenters. The van der Waals surface area contributed by atoms with Crippen LogP contribution >= 0.6 is 0 Å². The number of carbonyl (C=O) groups excluding carboxylic acids is 1. The Morgan fingerprint density at radius 2 is 2.16 bits per heavy atom. The molecule has 1 aromatic carbocycles. The van der Waals surface area contributed by atoms with E-state index in [1.54, 1.807) is 6.07 Å². The average molecular weight is 266 g/mol. The minimum atomic E-state index is -0.340. The van der Waals surface area contributed by atoms with E-state index in [4.69, 9.17) is 10.5 Å². The number of carbonyl (C=O) groups is 1. The summed E-state index contributed by atoms with van der Waals surface area (Å²) in [6, 6.07) is 4.44. The fourth-order valence-corrected chi connectivity index (χ4v) is 1.87. The van der Waals surface area contributed by atoms with Gasteiger partial charge in [0, 0.05) is 12.6 Å². The van der Waals surface area contributed by atoms with Crippen molar-refractivity contribution >= 4 is 5.91 Å². The number of nitrogens with two attached hydrogens (primary N) is 1. The SMILES string of the molecule is COc1ccc(O)c(C(=O)NC(CN)CC(C)C)c1. The van der Waals surface area contributed by atoms with Crippen molar-refractivity contribution in [2.24, 2.45) is 11.7 Å². The van der Waals surface area contributed by atoms with Gasteiger partial charge in [-0.1, -0.05) is 13.8 Å². The van der Waals surface area contributed by atoms with Gasteiger partial charge in [0.15, 0.2) is 0 Å². The number of benzene rings is 1. The highest BCUT2D eigenvalue weighted by Gasteiger charge is 2.17.